The van der Waals surface area contributed by atoms with Crippen LogP contribution in [-0.4, -0.2) is 34.5 Å². The Morgan fingerprint density at radius 2 is 1.84 bits per heavy atom. The highest BCUT2D eigenvalue weighted by molar-refractivity contribution is 5.55. The van der Waals surface area contributed by atoms with E-state index in [1.165, 1.54) is 0 Å². The molecule has 0 saturated carbocycles. The monoisotopic (exact) mass is 338 g/mol. The quantitative estimate of drug-likeness (QED) is 0.685. The summed E-state index contributed by atoms with van der Waals surface area (Å²) < 4.78 is 12.9. The third kappa shape index (κ3) is 4.47. The fourth-order valence-corrected chi connectivity index (χ4v) is 2.71. The average Bonchev–Trinajstić information content (AvgIpc) is 3.11. The van der Waals surface area contributed by atoms with E-state index in [0.717, 1.165) is 22.7 Å². The third-order valence-corrected chi connectivity index (χ3v) is 3.92. The van der Waals surface area contributed by atoms with Crippen LogP contribution in [0.3, 0.4) is 0 Å². The zero-order valence-corrected chi connectivity index (χ0v) is 14.2. The second-order valence-electron chi connectivity index (χ2n) is 5.75. The highest BCUT2D eigenvalue weighted by atomic mass is 16.5. The van der Waals surface area contributed by atoms with E-state index < -0.39 is 6.10 Å². The van der Waals surface area contributed by atoms with Gasteiger partial charge in [0.2, 0.25) is 0 Å². The van der Waals surface area contributed by atoms with Crippen LogP contribution in [0.2, 0.25) is 0 Å². The number of benzene rings is 2. The van der Waals surface area contributed by atoms with Crippen LogP contribution >= 0.6 is 0 Å². The van der Waals surface area contributed by atoms with Gasteiger partial charge in [-0.15, -0.1) is 0 Å². The Balaban J connectivity index is 1.55. The standard InChI is InChI=1S/C20H22N2O3/c1-24-19-10-6-5-9-17(19)14-25-15-18(23)13-22-12-11-21-20(22)16-7-3-2-4-8-16/h2-12,18,23H,13-15H2,1H3. The highest BCUT2D eigenvalue weighted by Crippen LogP contribution is 2.19. The van der Waals surface area contributed by atoms with E-state index in [-0.39, 0.29) is 6.61 Å². The van der Waals surface area contributed by atoms with Crippen LogP contribution < -0.4 is 4.74 Å². The lowest BCUT2D eigenvalue weighted by atomic mass is 10.2. The number of ether oxygens (including phenoxy) is 2. The maximum Gasteiger partial charge on any atom is 0.139 e. The number of hydrogen-bond donors (Lipinski definition) is 1. The van der Waals surface area contributed by atoms with Crippen molar-refractivity contribution in [3.05, 3.63) is 72.6 Å². The van der Waals surface area contributed by atoms with Crippen molar-refractivity contribution in [2.24, 2.45) is 0 Å². The molecular formula is C20H22N2O3. The minimum absolute atomic E-state index is 0.241. The van der Waals surface area contributed by atoms with E-state index in [1.807, 2.05) is 65.4 Å². The molecule has 1 atom stereocenters. The molecule has 0 aliphatic carbocycles. The molecule has 5 heteroatoms. The summed E-state index contributed by atoms with van der Waals surface area (Å²) in [6, 6.07) is 17.6. The molecule has 0 fully saturated rings. The Labute approximate surface area is 147 Å². The summed E-state index contributed by atoms with van der Waals surface area (Å²) in [6.45, 7) is 1.07. The van der Waals surface area contributed by atoms with E-state index in [1.54, 1.807) is 13.3 Å². The van der Waals surface area contributed by atoms with Crippen molar-refractivity contribution in [1.29, 1.82) is 0 Å². The SMILES string of the molecule is COc1ccccc1COCC(O)Cn1ccnc1-c1ccccc1. The van der Waals surface area contributed by atoms with Crippen LogP contribution in [0.4, 0.5) is 0 Å². The first-order chi connectivity index (χ1) is 12.3. The summed E-state index contributed by atoms with van der Waals surface area (Å²) in [4.78, 5) is 4.38. The van der Waals surface area contributed by atoms with Crippen molar-refractivity contribution in [3.63, 3.8) is 0 Å². The van der Waals surface area contributed by atoms with Gasteiger partial charge in [0, 0.05) is 23.5 Å². The molecule has 0 aliphatic rings. The van der Waals surface area contributed by atoms with Crippen LogP contribution in [0, 0.1) is 0 Å². The van der Waals surface area contributed by atoms with Gasteiger partial charge in [0.1, 0.15) is 11.6 Å². The Kier molecular flexibility index (Phi) is 5.82. The van der Waals surface area contributed by atoms with Crippen molar-refractivity contribution in [3.8, 4) is 17.1 Å². The van der Waals surface area contributed by atoms with E-state index in [2.05, 4.69) is 4.98 Å². The number of aliphatic hydroxyl groups excluding tert-OH is 1. The molecule has 0 aliphatic heterocycles. The Morgan fingerprint density at radius 3 is 2.64 bits per heavy atom. The molecule has 25 heavy (non-hydrogen) atoms. The number of imidazole rings is 1. The van der Waals surface area contributed by atoms with Crippen molar-refractivity contribution >= 4 is 0 Å². The summed E-state index contributed by atoms with van der Waals surface area (Å²) in [5, 5.41) is 10.3. The molecule has 2 aromatic carbocycles. The number of para-hydroxylation sites is 1. The molecule has 5 nitrogen and oxygen atoms in total. The molecule has 0 spiro atoms. The van der Waals surface area contributed by atoms with E-state index in [0.29, 0.717) is 13.2 Å². The van der Waals surface area contributed by atoms with Crippen LogP contribution in [0.1, 0.15) is 5.56 Å². The molecular weight excluding hydrogens is 316 g/mol. The van der Waals surface area contributed by atoms with Crippen molar-refractivity contribution in [2.75, 3.05) is 13.7 Å². The largest absolute Gasteiger partial charge is 0.496 e. The molecule has 130 valence electrons. The molecule has 0 saturated heterocycles. The van der Waals surface area contributed by atoms with Gasteiger partial charge in [-0.25, -0.2) is 4.98 Å². The molecule has 1 heterocycles. The van der Waals surface area contributed by atoms with Gasteiger partial charge in [-0.1, -0.05) is 48.5 Å². The summed E-state index contributed by atoms with van der Waals surface area (Å²) in [5.41, 5.74) is 1.99. The average molecular weight is 338 g/mol. The lowest BCUT2D eigenvalue weighted by Gasteiger charge is -2.15. The summed E-state index contributed by atoms with van der Waals surface area (Å²) in [6.07, 6.45) is 2.99. The summed E-state index contributed by atoms with van der Waals surface area (Å²) in [5.74, 6) is 1.63. The first kappa shape index (κ1) is 17.2. The third-order valence-electron chi connectivity index (χ3n) is 3.92. The van der Waals surface area contributed by atoms with Crippen LogP contribution in [0.15, 0.2) is 67.0 Å². The molecule has 3 aromatic rings. The van der Waals surface area contributed by atoms with Crippen molar-refractivity contribution < 1.29 is 14.6 Å². The Bertz CT molecular complexity index is 786. The Morgan fingerprint density at radius 1 is 1.08 bits per heavy atom. The first-order valence-corrected chi connectivity index (χ1v) is 8.22. The molecule has 3 rings (SSSR count). The van der Waals surface area contributed by atoms with Gasteiger partial charge >= 0.3 is 0 Å². The van der Waals surface area contributed by atoms with Crippen molar-refractivity contribution in [1.82, 2.24) is 9.55 Å². The molecule has 0 bridgehead atoms. The van der Waals surface area contributed by atoms with Gasteiger partial charge in [-0.05, 0) is 6.07 Å². The number of aliphatic hydroxyl groups is 1. The van der Waals surface area contributed by atoms with E-state index >= 15 is 0 Å². The normalized spacial score (nSPS) is 12.1. The van der Waals surface area contributed by atoms with E-state index in [9.17, 15) is 5.11 Å². The fourth-order valence-electron chi connectivity index (χ4n) is 2.71. The topological polar surface area (TPSA) is 56.5 Å². The van der Waals surface area contributed by atoms with E-state index in [4.69, 9.17) is 9.47 Å². The zero-order valence-electron chi connectivity index (χ0n) is 14.2. The second-order valence-corrected chi connectivity index (χ2v) is 5.75. The summed E-state index contributed by atoms with van der Waals surface area (Å²) >= 11 is 0. The maximum atomic E-state index is 10.3. The van der Waals surface area contributed by atoms with Gasteiger partial charge in [-0.3, -0.25) is 0 Å². The second kappa shape index (κ2) is 8.46. The lowest BCUT2D eigenvalue weighted by Crippen LogP contribution is -2.22. The Hall–Kier alpha value is -2.63. The number of aromatic nitrogens is 2. The number of methoxy groups -OCH3 is 1. The van der Waals surface area contributed by atoms with Gasteiger partial charge in [0.15, 0.2) is 0 Å². The minimum atomic E-state index is -0.619. The molecule has 0 amide bonds. The smallest absolute Gasteiger partial charge is 0.139 e. The minimum Gasteiger partial charge on any atom is -0.496 e. The number of nitrogens with zero attached hydrogens (tertiary/aromatic N) is 2. The molecule has 0 radical (unpaired) electrons. The molecule has 1 N–H and O–H groups in total. The predicted octanol–water partition coefficient (Wildman–Crippen LogP) is 3.14. The lowest BCUT2D eigenvalue weighted by molar-refractivity contribution is 0.0200. The van der Waals surface area contributed by atoms with Gasteiger partial charge in [0.25, 0.3) is 0 Å². The van der Waals surface area contributed by atoms with Crippen LogP contribution in [0.5, 0.6) is 5.75 Å². The molecule has 1 aromatic heterocycles. The number of hydrogen-bond acceptors (Lipinski definition) is 4. The zero-order chi connectivity index (χ0) is 17.5. The van der Waals surface area contributed by atoms with Crippen LogP contribution in [0.25, 0.3) is 11.4 Å². The van der Waals surface area contributed by atoms with Crippen LogP contribution in [-0.2, 0) is 17.9 Å². The van der Waals surface area contributed by atoms with Gasteiger partial charge in [-0.2, -0.15) is 0 Å². The fraction of sp³-hybridized carbons (Fsp3) is 0.250. The summed E-state index contributed by atoms with van der Waals surface area (Å²) in [7, 11) is 1.64. The highest BCUT2D eigenvalue weighted by Gasteiger charge is 2.11. The molecule has 1 unspecified atom stereocenters. The predicted molar refractivity (Wildman–Crippen MR) is 96.3 cm³/mol. The maximum absolute atomic E-state index is 10.3. The van der Waals surface area contributed by atoms with Gasteiger partial charge in [0.05, 0.1) is 33.0 Å². The van der Waals surface area contributed by atoms with Crippen molar-refractivity contribution in [2.45, 2.75) is 19.3 Å². The first-order valence-electron chi connectivity index (χ1n) is 8.22. The number of rotatable bonds is 8. The van der Waals surface area contributed by atoms with Gasteiger partial charge < -0.3 is 19.1 Å².